The van der Waals surface area contributed by atoms with Gasteiger partial charge in [-0.2, -0.15) is 0 Å². The van der Waals surface area contributed by atoms with Gasteiger partial charge < -0.3 is 10.1 Å². The van der Waals surface area contributed by atoms with Gasteiger partial charge in [-0.25, -0.2) is 0 Å². The Morgan fingerprint density at radius 1 is 1.00 bits per heavy atom. The van der Waals surface area contributed by atoms with Gasteiger partial charge in [-0.05, 0) is 69.8 Å². The molecule has 19 heavy (non-hydrogen) atoms. The molecular weight excluding hydrogens is 234 g/mol. The molecule has 1 aromatic rings. The first-order valence-corrected chi connectivity index (χ1v) is 7.65. The van der Waals surface area contributed by atoms with Crippen LogP contribution in [0, 0.1) is 13.8 Å². The molecule has 0 atom stereocenters. The lowest BCUT2D eigenvalue weighted by Gasteiger charge is -2.10. The average molecular weight is 263 g/mol. The van der Waals surface area contributed by atoms with Crippen LogP contribution in [0.3, 0.4) is 0 Å². The van der Waals surface area contributed by atoms with E-state index in [1.807, 2.05) is 0 Å². The SMILES string of the molecule is CCCCNCCCCCOc1cc(C)ccc1C. The Bertz CT molecular complexity index is 349. The van der Waals surface area contributed by atoms with Crippen LogP contribution in [0.5, 0.6) is 5.75 Å². The first-order chi connectivity index (χ1) is 9.24. The van der Waals surface area contributed by atoms with E-state index < -0.39 is 0 Å². The van der Waals surface area contributed by atoms with Gasteiger partial charge in [-0.15, -0.1) is 0 Å². The largest absolute Gasteiger partial charge is 0.493 e. The summed E-state index contributed by atoms with van der Waals surface area (Å²) in [6.45, 7) is 9.57. The van der Waals surface area contributed by atoms with Crippen molar-refractivity contribution in [2.75, 3.05) is 19.7 Å². The minimum absolute atomic E-state index is 0.833. The lowest BCUT2D eigenvalue weighted by molar-refractivity contribution is 0.303. The summed E-state index contributed by atoms with van der Waals surface area (Å²) < 4.78 is 5.84. The summed E-state index contributed by atoms with van der Waals surface area (Å²) in [7, 11) is 0. The van der Waals surface area contributed by atoms with E-state index >= 15 is 0 Å². The number of ether oxygens (including phenoxy) is 1. The summed E-state index contributed by atoms with van der Waals surface area (Å²) in [5.41, 5.74) is 2.49. The zero-order chi connectivity index (χ0) is 13.9. The quantitative estimate of drug-likeness (QED) is 0.637. The fourth-order valence-corrected chi connectivity index (χ4v) is 2.00. The summed E-state index contributed by atoms with van der Waals surface area (Å²) in [5, 5.41) is 3.47. The monoisotopic (exact) mass is 263 g/mol. The van der Waals surface area contributed by atoms with Crippen molar-refractivity contribution in [1.82, 2.24) is 5.32 Å². The molecule has 0 spiro atoms. The van der Waals surface area contributed by atoms with Crippen LogP contribution in [-0.4, -0.2) is 19.7 Å². The summed E-state index contributed by atoms with van der Waals surface area (Å²) in [6, 6.07) is 6.38. The van der Waals surface area contributed by atoms with Crippen LogP contribution in [0.1, 0.15) is 50.2 Å². The maximum absolute atomic E-state index is 5.84. The van der Waals surface area contributed by atoms with Crippen LogP contribution in [0.4, 0.5) is 0 Å². The fraction of sp³-hybridized carbons (Fsp3) is 0.647. The van der Waals surface area contributed by atoms with Crippen LogP contribution >= 0.6 is 0 Å². The lowest BCUT2D eigenvalue weighted by Crippen LogP contribution is -2.16. The zero-order valence-electron chi connectivity index (χ0n) is 12.8. The van der Waals surface area contributed by atoms with Crippen molar-refractivity contribution in [3.63, 3.8) is 0 Å². The molecule has 0 aliphatic heterocycles. The van der Waals surface area contributed by atoms with Gasteiger partial charge in [0.1, 0.15) is 5.75 Å². The van der Waals surface area contributed by atoms with Gasteiger partial charge in [-0.3, -0.25) is 0 Å². The van der Waals surface area contributed by atoms with E-state index in [0.717, 1.165) is 31.9 Å². The Hall–Kier alpha value is -1.02. The van der Waals surface area contributed by atoms with Crippen molar-refractivity contribution in [1.29, 1.82) is 0 Å². The number of hydrogen-bond acceptors (Lipinski definition) is 2. The second kappa shape index (κ2) is 9.85. The number of hydrogen-bond donors (Lipinski definition) is 1. The summed E-state index contributed by atoms with van der Waals surface area (Å²) in [6.07, 6.45) is 6.19. The smallest absolute Gasteiger partial charge is 0.122 e. The second-order valence-corrected chi connectivity index (χ2v) is 5.28. The molecule has 0 radical (unpaired) electrons. The van der Waals surface area contributed by atoms with Crippen molar-refractivity contribution in [3.8, 4) is 5.75 Å². The summed E-state index contributed by atoms with van der Waals surface area (Å²) in [5.74, 6) is 1.04. The number of aryl methyl sites for hydroxylation is 2. The third-order valence-corrected chi connectivity index (χ3v) is 3.31. The average Bonchev–Trinajstić information content (AvgIpc) is 2.40. The molecule has 108 valence electrons. The summed E-state index contributed by atoms with van der Waals surface area (Å²) >= 11 is 0. The number of benzene rings is 1. The van der Waals surface area contributed by atoms with Crippen molar-refractivity contribution in [3.05, 3.63) is 29.3 Å². The van der Waals surface area contributed by atoms with Gasteiger partial charge in [0, 0.05) is 0 Å². The molecule has 0 aliphatic carbocycles. The molecular formula is C17H29NO. The minimum Gasteiger partial charge on any atom is -0.493 e. The van der Waals surface area contributed by atoms with E-state index in [4.69, 9.17) is 4.74 Å². The van der Waals surface area contributed by atoms with Crippen LogP contribution in [0.15, 0.2) is 18.2 Å². The molecule has 0 unspecified atom stereocenters. The molecule has 0 heterocycles. The molecule has 0 saturated heterocycles. The topological polar surface area (TPSA) is 21.3 Å². The Morgan fingerprint density at radius 3 is 2.58 bits per heavy atom. The maximum atomic E-state index is 5.84. The molecule has 0 fully saturated rings. The van der Waals surface area contributed by atoms with Crippen molar-refractivity contribution < 1.29 is 4.74 Å². The Kier molecular flexibility index (Phi) is 8.31. The number of nitrogens with one attached hydrogen (secondary N) is 1. The number of unbranched alkanes of at least 4 members (excludes halogenated alkanes) is 3. The fourth-order valence-electron chi connectivity index (χ4n) is 2.00. The molecule has 0 amide bonds. The molecule has 0 saturated carbocycles. The van der Waals surface area contributed by atoms with Crippen molar-refractivity contribution >= 4 is 0 Å². The van der Waals surface area contributed by atoms with Crippen molar-refractivity contribution in [2.24, 2.45) is 0 Å². The highest BCUT2D eigenvalue weighted by Gasteiger charge is 1.99. The molecule has 2 nitrogen and oxygen atoms in total. The summed E-state index contributed by atoms with van der Waals surface area (Å²) in [4.78, 5) is 0. The molecule has 2 heteroatoms. The molecule has 0 aromatic heterocycles. The van der Waals surface area contributed by atoms with Gasteiger partial charge in [0.05, 0.1) is 6.61 Å². The zero-order valence-corrected chi connectivity index (χ0v) is 12.8. The predicted octanol–water partition coefficient (Wildman–Crippen LogP) is 4.24. The van der Waals surface area contributed by atoms with Gasteiger partial charge in [0.15, 0.2) is 0 Å². The Morgan fingerprint density at radius 2 is 1.79 bits per heavy atom. The number of rotatable bonds is 10. The van der Waals surface area contributed by atoms with E-state index in [0.29, 0.717) is 0 Å². The molecule has 0 bridgehead atoms. The standard InChI is InChI=1S/C17H29NO/c1-4-5-11-18-12-7-6-8-13-19-17-14-15(2)9-10-16(17)3/h9-10,14,18H,4-8,11-13H2,1-3H3. The van der Waals surface area contributed by atoms with Crippen LogP contribution in [0.2, 0.25) is 0 Å². The van der Waals surface area contributed by atoms with Gasteiger partial charge in [0.25, 0.3) is 0 Å². The van der Waals surface area contributed by atoms with Gasteiger partial charge >= 0.3 is 0 Å². The third-order valence-electron chi connectivity index (χ3n) is 3.31. The molecule has 0 aliphatic rings. The van der Waals surface area contributed by atoms with Gasteiger partial charge in [-0.1, -0.05) is 25.5 Å². The molecule has 1 N–H and O–H groups in total. The normalized spacial score (nSPS) is 10.7. The van der Waals surface area contributed by atoms with E-state index in [2.05, 4.69) is 44.3 Å². The second-order valence-electron chi connectivity index (χ2n) is 5.28. The Balaban J connectivity index is 2.03. The Labute approximate surface area is 118 Å². The highest BCUT2D eigenvalue weighted by atomic mass is 16.5. The van der Waals surface area contributed by atoms with Crippen LogP contribution in [0.25, 0.3) is 0 Å². The molecule has 1 rings (SSSR count). The highest BCUT2D eigenvalue weighted by Crippen LogP contribution is 2.19. The minimum atomic E-state index is 0.833. The third kappa shape index (κ3) is 7.22. The van der Waals surface area contributed by atoms with Crippen LogP contribution in [-0.2, 0) is 0 Å². The van der Waals surface area contributed by atoms with Crippen LogP contribution < -0.4 is 10.1 Å². The predicted molar refractivity (Wildman–Crippen MR) is 83.0 cm³/mol. The lowest BCUT2D eigenvalue weighted by atomic mass is 10.1. The van der Waals surface area contributed by atoms with E-state index in [1.54, 1.807) is 0 Å². The van der Waals surface area contributed by atoms with E-state index in [1.165, 1.54) is 36.8 Å². The highest BCUT2D eigenvalue weighted by molar-refractivity contribution is 5.35. The van der Waals surface area contributed by atoms with Gasteiger partial charge in [0.2, 0.25) is 0 Å². The first-order valence-electron chi connectivity index (χ1n) is 7.65. The van der Waals surface area contributed by atoms with E-state index in [9.17, 15) is 0 Å². The first kappa shape index (κ1) is 16.0. The van der Waals surface area contributed by atoms with Crippen molar-refractivity contribution in [2.45, 2.75) is 52.9 Å². The van der Waals surface area contributed by atoms with E-state index in [-0.39, 0.29) is 0 Å². The molecule has 1 aromatic carbocycles. The maximum Gasteiger partial charge on any atom is 0.122 e.